The fourth-order valence-corrected chi connectivity index (χ4v) is 20.0. The van der Waals surface area contributed by atoms with Gasteiger partial charge in [0, 0.05) is 122 Å². The summed E-state index contributed by atoms with van der Waals surface area (Å²) in [6.07, 6.45) is 0. The third-order valence-corrected chi connectivity index (χ3v) is 25.2. The molecule has 12 aromatic carbocycles. The SMILES string of the molecule is Fc1cccc(Sc2cc3c(cc2Sc2cccc(F)c2)-c2nc-3nc3[nH]c(nc4nc(nc5[nH]c(n2)c2cc(Sc6cccc(F)c6)c(Sc6cccc(F)c6)cc52)-c2cc(Sc5cccc(F)c5)c(Sc5cccc(F)c5)cc2-4)c2cc(Sc4cccc(F)c4)c(Sc4cccc(F)c4)cc32)c1. The van der Waals surface area contributed by atoms with E-state index in [2.05, 4.69) is 9.97 Å². The number of nitrogens with one attached hydrogen (secondary N) is 2. The number of halogens is 8. The Balaban J connectivity index is 0.995. The Morgan fingerprint density at radius 3 is 0.519 bits per heavy atom. The highest BCUT2D eigenvalue weighted by molar-refractivity contribution is 8.03. The Morgan fingerprint density at radius 1 is 0.192 bits per heavy atom. The van der Waals surface area contributed by atoms with Crippen molar-refractivity contribution in [2.45, 2.75) is 78.3 Å². The highest BCUT2D eigenvalue weighted by Crippen LogP contribution is 2.51. The molecule has 5 heterocycles. The minimum Gasteiger partial charge on any atom is -0.324 e. The molecule has 2 aliphatic heterocycles. The first-order valence-corrected chi connectivity index (χ1v) is 38.2. The molecule has 104 heavy (non-hydrogen) atoms. The second-order valence-corrected chi connectivity index (χ2v) is 32.4. The van der Waals surface area contributed by atoms with Gasteiger partial charge in [-0.2, -0.15) is 0 Å². The molecule has 17 rings (SSSR count). The van der Waals surface area contributed by atoms with E-state index in [1.165, 1.54) is 191 Å². The van der Waals surface area contributed by atoms with Gasteiger partial charge in [0.1, 0.15) is 69.1 Å². The summed E-state index contributed by atoms with van der Waals surface area (Å²) in [5.74, 6) is -2.88. The van der Waals surface area contributed by atoms with Gasteiger partial charge in [0.25, 0.3) is 0 Å². The van der Waals surface area contributed by atoms with E-state index in [1.807, 2.05) is 48.5 Å². The van der Waals surface area contributed by atoms with Gasteiger partial charge in [-0.3, -0.25) is 0 Å². The number of hydrogen-bond acceptors (Lipinski definition) is 14. The third kappa shape index (κ3) is 14.5. The quantitative estimate of drug-likeness (QED) is 0.0896. The monoisotopic (exact) mass is 1520 g/mol. The fraction of sp³-hybridized carbons (Fsp3) is 0. The molecule has 0 amide bonds. The number of aromatic nitrogens is 8. The van der Waals surface area contributed by atoms with Gasteiger partial charge in [-0.1, -0.05) is 143 Å². The van der Waals surface area contributed by atoms with E-state index in [9.17, 15) is 0 Å². The molecule has 0 unspecified atom stereocenters. The largest absolute Gasteiger partial charge is 0.324 e. The van der Waals surface area contributed by atoms with Crippen LogP contribution in [0.3, 0.4) is 0 Å². The summed E-state index contributed by atoms with van der Waals surface area (Å²) in [5.41, 5.74) is 3.09. The van der Waals surface area contributed by atoms with Crippen LogP contribution >= 0.6 is 94.1 Å². The predicted octanol–water partition coefficient (Wildman–Crippen LogP) is 25.2. The van der Waals surface area contributed by atoms with E-state index < -0.39 is 46.5 Å². The molecule has 0 aliphatic carbocycles. The van der Waals surface area contributed by atoms with Gasteiger partial charge in [-0.15, -0.1) is 0 Å². The van der Waals surface area contributed by atoms with Crippen LogP contribution in [-0.4, -0.2) is 39.9 Å². The lowest BCUT2D eigenvalue weighted by atomic mass is 10.1. The molecule has 2 N–H and O–H groups in total. The van der Waals surface area contributed by atoms with Crippen LogP contribution in [0.15, 0.2) is 321 Å². The number of benzene rings is 12. The first-order chi connectivity index (χ1) is 50.6. The second kappa shape index (κ2) is 28.7. The van der Waals surface area contributed by atoms with Crippen molar-refractivity contribution in [2.75, 3.05) is 0 Å². The Bertz CT molecular complexity index is 5470. The van der Waals surface area contributed by atoms with Gasteiger partial charge in [-0.25, -0.2) is 65.0 Å². The molecule has 8 bridgehead atoms. The van der Waals surface area contributed by atoms with Crippen LogP contribution in [0.2, 0.25) is 0 Å². The normalized spacial score (nSPS) is 11.8. The van der Waals surface area contributed by atoms with Gasteiger partial charge >= 0.3 is 0 Å². The average Bonchev–Trinajstić information content (AvgIpc) is 1.59. The second-order valence-electron chi connectivity index (χ2n) is 23.5. The first-order valence-electron chi connectivity index (χ1n) is 31.7. The van der Waals surface area contributed by atoms with E-state index in [-0.39, 0.29) is 45.9 Å². The standard InChI is InChI=1S/C80H42F8N8S8/c81-41-9-1-17-49(25-41)97-65-33-57-58(34-66(65)98-50-18-2-10-42(82)26-50)74-89-73(57)93-75-59-35-67(99-51-19-3-11-43(83)27-51)68(100-52-20-4-12-44(84)28-52)36-60(59)77(90-75)95-79-63-39-71(103-55-23-7-15-47(87)31-55)72(104-56-24-8-16-48(88)32-56)40-64(63)80(92-79)96-78-62-38-70(102-54-22-6-14-46(86)30-54)69(37-61(62)76(91-78)94-74)101-53-21-5-13-45(85)29-53/h1-40H,(H2,89,90,91,92,93,94,95,96). The van der Waals surface area contributed by atoms with Crippen molar-refractivity contribution in [1.82, 2.24) is 39.9 Å². The highest BCUT2D eigenvalue weighted by atomic mass is 32.2. The molecule has 2 aliphatic rings. The number of fused-ring (bicyclic) bond motifs is 20. The van der Waals surface area contributed by atoms with E-state index in [0.29, 0.717) is 122 Å². The summed E-state index contributed by atoms with van der Waals surface area (Å²) in [7, 11) is 0. The molecule has 0 radical (unpaired) electrons. The van der Waals surface area contributed by atoms with E-state index >= 15 is 35.1 Å². The van der Waals surface area contributed by atoms with Crippen molar-refractivity contribution in [1.29, 1.82) is 0 Å². The Hall–Kier alpha value is -9.76. The summed E-state index contributed by atoms with van der Waals surface area (Å²) in [6.45, 7) is 0. The molecular weight excluding hydrogens is 1480 g/mol. The maximum absolute atomic E-state index is 15.2. The van der Waals surface area contributed by atoms with Crippen LogP contribution in [0.5, 0.6) is 0 Å². The average molecular weight is 1520 g/mol. The van der Waals surface area contributed by atoms with Crippen molar-refractivity contribution in [2.24, 2.45) is 0 Å². The zero-order chi connectivity index (χ0) is 70.7. The minimum absolute atomic E-state index is 0.180. The lowest BCUT2D eigenvalue weighted by Gasteiger charge is -2.12. The molecule has 8 nitrogen and oxygen atoms in total. The molecule has 15 aromatic rings. The molecule has 0 saturated heterocycles. The van der Waals surface area contributed by atoms with Crippen molar-refractivity contribution < 1.29 is 35.1 Å². The fourth-order valence-electron chi connectivity index (χ4n) is 11.7. The van der Waals surface area contributed by atoms with Crippen molar-refractivity contribution in [3.8, 4) is 45.6 Å². The topological polar surface area (TPSA) is 109 Å². The lowest BCUT2D eigenvalue weighted by Crippen LogP contribution is -1.89. The lowest BCUT2D eigenvalue weighted by molar-refractivity contribution is 0.624. The molecule has 24 heteroatoms. The number of nitrogens with zero attached hydrogens (tertiary/aromatic N) is 6. The van der Waals surface area contributed by atoms with Crippen LogP contribution in [0.4, 0.5) is 35.1 Å². The number of aromatic amines is 2. The van der Waals surface area contributed by atoms with Gasteiger partial charge in [0.2, 0.25) is 0 Å². The zero-order valence-corrected chi connectivity index (χ0v) is 59.6. The van der Waals surface area contributed by atoms with Crippen LogP contribution in [0.1, 0.15) is 0 Å². The van der Waals surface area contributed by atoms with Crippen LogP contribution < -0.4 is 0 Å². The van der Waals surface area contributed by atoms with Crippen molar-refractivity contribution in [3.05, 3.63) is 289 Å². The number of rotatable bonds is 16. The summed E-state index contributed by atoms with van der Waals surface area (Å²) in [4.78, 5) is 49.4. The number of hydrogen-bond donors (Lipinski definition) is 2. The van der Waals surface area contributed by atoms with Crippen LogP contribution in [0.25, 0.3) is 89.7 Å². The Morgan fingerprint density at radius 2 is 0.356 bits per heavy atom. The Kier molecular flexibility index (Phi) is 18.6. The maximum Gasteiger partial charge on any atom is 0.164 e. The number of H-pyrrole nitrogens is 2. The van der Waals surface area contributed by atoms with Gasteiger partial charge in [0.05, 0.1) is 0 Å². The minimum atomic E-state index is -0.450. The molecule has 0 fully saturated rings. The summed E-state index contributed by atoms with van der Waals surface area (Å²) in [6, 6.07) is 64.8. The molecule has 3 aromatic heterocycles. The van der Waals surface area contributed by atoms with E-state index in [4.69, 9.17) is 29.9 Å². The summed E-state index contributed by atoms with van der Waals surface area (Å²) in [5, 5.41) is 2.13. The van der Waals surface area contributed by atoms with E-state index in [1.54, 1.807) is 97.1 Å². The smallest absolute Gasteiger partial charge is 0.164 e. The van der Waals surface area contributed by atoms with Gasteiger partial charge in [-0.05, 0) is 194 Å². The molecular formula is C80H42F8N8S8. The Labute approximate surface area is 621 Å². The zero-order valence-electron chi connectivity index (χ0n) is 53.1. The molecule has 0 spiro atoms. The van der Waals surface area contributed by atoms with E-state index in [0.717, 1.165) is 0 Å². The van der Waals surface area contributed by atoms with Crippen molar-refractivity contribution in [3.63, 3.8) is 0 Å². The molecule has 0 saturated carbocycles. The van der Waals surface area contributed by atoms with Crippen LogP contribution in [-0.2, 0) is 0 Å². The van der Waals surface area contributed by atoms with Crippen LogP contribution in [0, 0.1) is 46.5 Å². The summed E-state index contributed by atoms with van der Waals surface area (Å²) >= 11 is 10.3. The van der Waals surface area contributed by atoms with Crippen molar-refractivity contribution >= 4 is 138 Å². The molecule has 0 atom stereocenters. The van der Waals surface area contributed by atoms with Gasteiger partial charge < -0.3 is 9.97 Å². The maximum atomic E-state index is 15.2. The highest BCUT2D eigenvalue weighted by Gasteiger charge is 2.28. The predicted molar refractivity (Wildman–Crippen MR) is 400 cm³/mol. The summed E-state index contributed by atoms with van der Waals surface area (Å²) < 4.78 is 121. The van der Waals surface area contributed by atoms with Gasteiger partial charge in [0.15, 0.2) is 23.3 Å². The molecule has 506 valence electrons. The first kappa shape index (κ1) is 67.4. The third-order valence-electron chi connectivity index (χ3n) is 16.3.